The summed E-state index contributed by atoms with van der Waals surface area (Å²) in [6, 6.07) is 6.48. The van der Waals surface area contributed by atoms with Gasteiger partial charge in [0.2, 0.25) is 0 Å². The maximum atomic E-state index is 11.2. The van der Waals surface area contributed by atoms with Crippen molar-refractivity contribution in [2.24, 2.45) is 0 Å². The van der Waals surface area contributed by atoms with Crippen molar-refractivity contribution in [3.63, 3.8) is 0 Å². The lowest BCUT2D eigenvalue weighted by atomic mass is 10.2. The standard InChI is InChI=1S/C9H6BrClO2/c10-5-6-13-9(12)7-1-3-8(11)4-2-7/h1-6H/b6-5+. The Morgan fingerprint density at radius 2 is 2.00 bits per heavy atom. The first-order valence-corrected chi connectivity index (χ1v) is 4.75. The van der Waals surface area contributed by atoms with Crippen LogP contribution in [-0.2, 0) is 4.74 Å². The van der Waals surface area contributed by atoms with E-state index in [1.165, 1.54) is 11.2 Å². The van der Waals surface area contributed by atoms with Crippen LogP contribution in [0.1, 0.15) is 10.4 Å². The van der Waals surface area contributed by atoms with Gasteiger partial charge in [0.15, 0.2) is 0 Å². The summed E-state index contributed by atoms with van der Waals surface area (Å²) in [4.78, 5) is 12.6. The normalized spacial score (nSPS) is 10.3. The van der Waals surface area contributed by atoms with E-state index in [2.05, 4.69) is 15.9 Å². The van der Waals surface area contributed by atoms with Gasteiger partial charge in [-0.3, -0.25) is 0 Å². The van der Waals surface area contributed by atoms with Gasteiger partial charge in [0, 0.05) is 10.0 Å². The van der Waals surface area contributed by atoms with E-state index in [0.29, 0.717) is 10.6 Å². The minimum absolute atomic E-state index is 0.410. The summed E-state index contributed by atoms with van der Waals surface area (Å²) in [7, 11) is 0. The van der Waals surface area contributed by atoms with Crippen molar-refractivity contribution >= 4 is 33.5 Å². The van der Waals surface area contributed by atoms with Crippen LogP contribution in [-0.4, -0.2) is 5.97 Å². The second-order valence-electron chi connectivity index (χ2n) is 2.17. The Bertz CT molecular complexity index is 319. The molecule has 0 aliphatic rings. The largest absolute Gasteiger partial charge is 0.430 e. The Morgan fingerprint density at radius 1 is 1.38 bits per heavy atom. The maximum Gasteiger partial charge on any atom is 0.342 e. The molecule has 0 aromatic heterocycles. The van der Waals surface area contributed by atoms with Gasteiger partial charge in [-0.25, -0.2) is 4.79 Å². The van der Waals surface area contributed by atoms with Gasteiger partial charge >= 0.3 is 5.97 Å². The van der Waals surface area contributed by atoms with Crippen LogP contribution in [0.25, 0.3) is 0 Å². The van der Waals surface area contributed by atoms with Gasteiger partial charge in [0.1, 0.15) is 6.26 Å². The molecule has 0 saturated carbocycles. The highest BCUT2D eigenvalue weighted by molar-refractivity contribution is 9.11. The van der Waals surface area contributed by atoms with Gasteiger partial charge in [-0.1, -0.05) is 27.5 Å². The molecule has 0 fully saturated rings. The third-order valence-corrected chi connectivity index (χ3v) is 1.77. The van der Waals surface area contributed by atoms with E-state index in [4.69, 9.17) is 16.3 Å². The predicted octanol–water partition coefficient (Wildman–Crippen LogP) is 3.36. The summed E-state index contributed by atoms with van der Waals surface area (Å²) in [6.45, 7) is 0. The average Bonchev–Trinajstić information content (AvgIpc) is 2.15. The van der Waals surface area contributed by atoms with E-state index >= 15 is 0 Å². The molecular formula is C9H6BrClO2. The summed E-state index contributed by atoms with van der Waals surface area (Å²) < 4.78 is 4.71. The SMILES string of the molecule is O=C(O/C=C/Br)c1ccc(Cl)cc1. The van der Waals surface area contributed by atoms with E-state index < -0.39 is 5.97 Å². The lowest BCUT2D eigenvalue weighted by Crippen LogP contribution is -1.99. The second kappa shape index (κ2) is 5.04. The van der Waals surface area contributed by atoms with E-state index in [1.807, 2.05) is 0 Å². The number of hydrogen-bond acceptors (Lipinski definition) is 2. The van der Waals surface area contributed by atoms with Gasteiger partial charge in [0.25, 0.3) is 0 Å². The summed E-state index contributed by atoms with van der Waals surface area (Å²) in [6.07, 6.45) is 1.26. The van der Waals surface area contributed by atoms with Crippen LogP contribution in [0.4, 0.5) is 0 Å². The van der Waals surface area contributed by atoms with Crippen molar-refractivity contribution < 1.29 is 9.53 Å². The van der Waals surface area contributed by atoms with Gasteiger partial charge in [-0.15, -0.1) is 0 Å². The lowest BCUT2D eigenvalue weighted by molar-refractivity contribution is 0.0664. The number of ether oxygens (including phenoxy) is 1. The number of benzene rings is 1. The molecule has 0 N–H and O–H groups in total. The summed E-state index contributed by atoms with van der Waals surface area (Å²) >= 11 is 8.63. The van der Waals surface area contributed by atoms with Gasteiger partial charge in [-0.05, 0) is 24.3 Å². The minimum atomic E-state index is -0.410. The predicted molar refractivity (Wildman–Crippen MR) is 54.9 cm³/mol. The van der Waals surface area contributed by atoms with Crippen LogP contribution in [0.3, 0.4) is 0 Å². The summed E-state index contributed by atoms with van der Waals surface area (Å²) in [5, 5.41) is 0.590. The van der Waals surface area contributed by atoms with Crippen LogP contribution in [0.5, 0.6) is 0 Å². The summed E-state index contributed by atoms with van der Waals surface area (Å²) in [5.41, 5.74) is 0.468. The highest BCUT2D eigenvalue weighted by atomic mass is 79.9. The monoisotopic (exact) mass is 260 g/mol. The molecule has 4 heteroatoms. The fourth-order valence-corrected chi connectivity index (χ4v) is 0.975. The molecule has 1 aromatic rings. The van der Waals surface area contributed by atoms with Crippen LogP contribution >= 0.6 is 27.5 Å². The average molecular weight is 262 g/mol. The molecule has 0 spiro atoms. The molecule has 68 valence electrons. The first-order valence-electron chi connectivity index (χ1n) is 3.46. The Morgan fingerprint density at radius 3 is 2.54 bits per heavy atom. The number of hydrogen-bond donors (Lipinski definition) is 0. The Labute approximate surface area is 89.3 Å². The van der Waals surface area contributed by atoms with E-state index in [0.717, 1.165) is 0 Å². The van der Waals surface area contributed by atoms with Gasteiger partial charge < -0.3 is 4.74 Å². The number of esters is 1. The molecule has 0 radical (unpaired) electrons. The third-order valence-electron chi connectivity index (χ3n) is 1.31. The third kappa shape index (κ3) is 3.20. The molecule has 0 aliphatic heterocycles. The van der Waals surface area contributed by atoms with Crippen molar-refractivity contribution in [2.75, 3.05) is 0 Å². The number of carbonyl (C=O) groups excluding carboxylic acids is 1. The number of rotatable bonds is 2. The van der Waals surface area contributed by atoms with Crippen molar-refractivity contribution in [1.29, 1.82) is 0 Å². The van der Waals surface area contributed by atoms with Crippen LogP contribution < -0.4 is 0 Å². The summed E-state index contributed by atoms with van der Waals surface area (Å²) in [5.74, 6) is -0.410. The smallest absolute Gasteiger partial charge is 0.342 e. The molecule has 0 bridgehead atoms. The molecule has 0 unspecified atom stereocenters. The minimum Gasteiger partial charge on any atom is -0.430 e. The number of carbonyl (C=O) groups is 1. The van der Waals surface area contributed by atoms with Crippen molar-refractivity contribution in [1.82, 2.24) is 0 Å². The van der Waals surface area contributed by atoms with Crippen molar-refractivity contribution in [3.8, 4) is 0 Å². The zero-order valence-corrected chi connectivity index (χ0v) is 8.88. The molecular weight excluding hydrogens is 255 g/mol. The molecule has 13 heavy (non-hydrogen) atoms. The fourth-order valence-electron chi connectivity index (χ4n) is 0.742. The second-order valence-corrected chi connectivity index (χ2v) is 3.14. The van der Waals surface area contributed by atoms with E-state index in [1.54, 1.807) is 24.3 Å². The molecule has 0 saturated heterocycles. The first-order chi connectivity index (χ1) is 6.24. The molecule has 0 amide bonds. The van der Waals surface area contributed by atoms with E-state index in [9.17, 15) is 4.79 Å². The van der Waals surface area contributed by atoms with Gasteiger partial charge in [0.05, 0.1) is 5.56 Å². The topological polar surface area (TPSA) is 26.3 Å². The zero-order valence-electron chi connectivity index (χ0n) is 6.54. The molecule has 0 heterocycles. The highest BCUT2D eigenvalue weighted by Crippen LogP contribution is 2.10. The first kappa shape index (κ1) is 10.3. The van der Waals surface area contributed by atoms with Crippen molar-refractivity contribution in [3.05, 3.63) is 46.1 Å². The zero-order chi connectivity index (χ0) is 9.68. The van der Waals surface area contributed by atoms with Gasteiger partial charge in [-0.2, -0.15) is 0 Å². The Kier molecular flexibility index (Phi) is 3.99. The Hall–Kier alpha value is -0.800. The molecule has 1 aromatic carbocycles. The molecule has 2 nitrogen and oxygen atoms in total. The molecule has 0 atom stereocenters. The lowest BCUT2D eigenvalue weighted by Gasteiger charge is -1.97. The molecule has 1 rings (SSSR count). The maximum absolute atomic E-state index is 11.2. The highest BCUT2D eigenvalue weighted by Gasteiger charge is 2.03. The van der Waals surface area contributed by atoms with Crippen LogP contribution in [0.15, 0.2) is 35.5 Å². The quantitative estimate of drug-likeness (QED) is 0.603. The fraction of sp³-hybridized carbons (Fsp3) is 0. The molecule has 0 aliphatic carbocycles. The number of halogens is 2. The van der Waals surface area contributed by atoms with Crippen molar-refractivity contribution in [2.45, 2.75) is 0 Å². The van der Waals surface area contributed by atoms with Crippen LogP contribution in [0, 0.1) is 0 Å². The Balaban J connectivity index is 2.72. The van der Waals surface area contributed by atoms with Crippen LogP contribution in [0.2, 0.25) is 5.02 Å². The van der Waals surface area contributed by atoms with E-state index in [-0.39, 0.29) is 0 Å².